The smallest absolute Gasteiger partial charge is 0.209 e. The molecule has 2 aromatic heterocycles. The first kappa shape index (κ1) is 11.9. The Bertz CT molecular complexity index is 664. The summed E-state index contributed by atoms with van der Waals surface area (Å²) in [6, 6.07) is 11.9. The summed E-state index contributed by atoms with van der Waals surface area (Å²) in [4.78, 5) is 0. The second-order valence-electron chi connectivity index (χ2n) is 3.92. The topological polar surface area (TPSA) is 69.6 Å². The highest BCUT2D eigenvalue weighted by molar-refractivity contribution is 7.98. The van der Waals surface area contributed by atoms with Crippen molar-refractivity contribution in [2.45, 2.75) is 10.9 Å². The van der Waals surface area contributed by atoms with Crippen molar-refractivity contribution in [3.05, 3.63) is 42.2 Å². The van der Waals surface area contributed by atoms with Gasteiger partial charge in [-0.1, -0.05) is 47.3 Å². The molecule has 1 aromatic carbocycles. The number of aryl methyl sites for hydroxylation is 1. The van der Waals surface area contributed by atoms with Gasteiger partial charge in [-0.25, -0.2) is 4.68 Å². The molecule has 96 valence electrons. The third kappa shape index (κ3) is 2.65. The van der Waals surface area contributed by atoms with Gasteiger partial charge < -0.3 is 4.52 Å². The molecule has 0 saturated carbocycles. The van der Waals surface area contributed by atoms with Gasteiger partial charge in [0.15, 0.2) is 0 Å². The maximum Gasteiger partial charge on any atom is 0.209 e. The average molecular weight is 273 g/mol. The van der Waals surface area contributed by atoms with Gasteiger partial charge in [-0.2, -0.15) is 0 Å². The zero-order valence-corrected chi connectivity index (χ0v) is 11.0. The van der Waals surface area contributed by atoms with Crippen molar-refractivity contribution < 1.29 is 4.52 Å². The molecule has 6 nitrogen and oxygen atoms in total. The summed E-state index contributed by atoms with van der Waals surface area (Å²) in [7, 11) is 1.80. The molecule has 0 N–H and O–H groups in total. The first-order chi connectivity index (χ1) is 9.33. The van der Waals surface area contributed by atoms with E-state index in [0.29, 0.717) is 5.75 Å². The van der Waals surface area contributed by atoms with Crippen LogP contribution < -0.4 is 0 Å². The van der Waals surface area contributed by atoms with Gasteiger partial charge in [0.2, 0.25) is 5.16 Å². The molecule has 0 amide bonds. The minimum absolute atomic E-state index is 0.647. The minimum atomic E-state index is 0.647. The van der Waals surface area contributed by atoms with Gasteiger partial charge in [-0.05, 0) is 10.4 Å². The molecule has 2 heterocycles. The predicted molar refractivity (Wildman–Crippen MR) is 70.3 cm³/mol. The van der Waals surface area contributed by atoms with Crippen LogP contribution in [0.2, 0.25) is 0 Å². The summed E-state index contributed by atoms with van der Waals surface area (Å²) < 4.78 is 6.93. The van der Waals surface area contributed by atoms with Gasteiger partial charge in [0.25, 0.3) is 0 Å². The van der Waals surface area contributed by atoms with E-state index >= 15 is 0 Å². The fourth-order valence-corrected chi connectivity index (χ4v) is 2.33. The van der Waals surface area contributed by atoms with Crippen molar-refractivity contribution in [1.82, 2.24) is 25.4 Å². The molecule has 0 saturated heterocycles. The normalized spacial score (nSPS) is 10.8. The summed E-state index contributed by atoms with van der Waals surface area (Å²) in [5, 5.41) is 16.1. The van der Waals surface area contributed by atoms with Crippen LogP contribution in [0.4, 0.5) is 0 Å². The van der Waals surface area contributed by atoms with Crippen molar-refractivity contribution in [3.63, 3.8) is 0 Å². The molecule has 19 heavy (non-hydrogen) atoms. The molecule has 0 aliphatic heterocycles. The monoisotopic (exact) mass is 273 g/mol. The zero-order valence-electron chi connectivity index (χ0n) is 10.2. The van der Waals surface area contributed by atoms with Crippen molar-refractivity contribution in [1.29, 1.82) is 0 Å². The number of hydrogen-bond donors (Lipinski definition) is 0. The molecule has 0 spiro atoms. The van der Waals surface area contributed by atoms with Crippen molar-refractivity contribution in [3.8, 4) is 11.3 Å². The van der Waals surface area contributed by atoms with Gasteiger partial charge in [0.05, 0.1) is 5.75 Å². The molecular formula is C12H11N5OS. The average Bonchev–Trinajstić information content (AvgIpc) is 3.06. The molecule has 0 radical (unpaired) electrons. The number of nitrogens with zero attached hydrogens (tertiary/aromatic N) is 5. The molecule has 0 fully saturated rings. The van der Waals surface area contributed by atoms with Gasteiger partial charge in [0.1, 0.15) is 11.5 Å². The largest absolute Gasteiger partial charge is 0.360 e. The van der Waals surface area contributed by atoms with Gasteiger partial charge >= 0.3 is 0 Å². The molecule has 3 rings (SSSR count). The molecule has 0 aliphatic carbocycles. The zero-order chi connectivity index (χ0) is 13.1. The van der Waals surface area contributed by atoms with Gasteiger partial charge in [-0.15, -0.1) is 5.10 Å². The van der Waals surface area contributed by atoms with Crippen LogP contribution in [0.15, 0.2) is 46.1 Å². The summed E-state index contributed by atoms with van der Waals surface area (Å²) in [5.74, 6) is 1.44. The number of aromatic nitrogens is 5. The number of rotatable bonds is 4. The lowest BCUT2D eigenvalue weighted by atomic mass is 10.1. The molecule has 3 aromatic rings. The van der Waals surface area contributed by atoms with Crippen LogP contribution >= 0.6 is 11.8 Å². The Labute approximate surface area is 113 Å². The molecular weight excluding hydrogens is 262 g/mol. The number of hydrogen-bond acceptors (Lipinski definition) is 6. The van der Waals surface area contributed by atoms with Crippen LogP contribution in [0.3, 0.4) is 0 Å². The lowest BCUT2D eigenvalue weighted by Crippen LogP contribution is -1.92. The van der Waals surface area contributed by atoms with Crippen molar-refractivity contribution in [2.75, 3.05) is 0 Å². The van der Waals surface area contributed by atoms with E-state index in [9.17, 15) is 0 Å². The third-order valence-electron chi connectivity index (χ3n) is 2.55. The van der Waals surface area contributed by atoms with Crippen molar-refractivity contribution >= 4 is 11.8 Å². The van der Waals surface area contributed by atoms with Gasteiger partial charge in [-0.3, -0.25) is 0 Å². The van der Waals surface area contributed by atoms with E-state index in [-0.39, 0.29) is 0 Å². The van der Waals surface area contributed by atoms with E-state index < -0.39 is 0 Å². The summed E-state index contributed by atoms with van der Waals surface area (Å²) >= 11 is 1.51. The Balaban J connectivity index is 1.70. The van der Waals surface area contributed by atoms with E-state index in [0.717, 1.165) is 22.2 Å². The predicted octanol–water partition coefficient (Wildman–Crippen LogP) is 2.16. The Morgan fingerprint density at radius 1 is 1.26 bits per heavy atom. The van der Waals surface area contributed by atoms with E-state index in [4.69, 9.17) is 4.52 Å². The van der Waals surface area contributed by atoms with Crippen LogP contribution in [-0.4, -0.2) is 25.4 Å². The van der Waals surface area contributed by atoms with Crippen LogP contribution in [0, 0.1) is 0 Å². The minimum Gasteiger partial charge on any atom is -0.360 e. The third-order valence-corrected chi connectivity index (χ3v) is 3.59. The van der Waals surface area contributed by atoms with E-state index in [1.165, 1.54) is 11.8 Å². The van der Waals surface area contributed by atoms with Crippen LogP contribution in [0.5, 0.6) is 0 Å². The van der Waals surface area contributed by atoms with Crippen LogP contribution in [0.1, 0.15) is 5.76 Å². The molecule has 0 atom stereocenters. The fraction of sp³-hybridized carbons (Fsp3) is 0.167. The number of thioether (sulfide) groups is 1. The molecule has 0 unspecified atom stereocenters. The number of benzene rings is 1. The second kappa shape index (κ2) is 5.23. The maximum atomic E-state index is 5.31. The quantitative estimate of drug-likeness (QED) is 0.678. The molecule has 7 heteroatoms. The Kier molecular flexibility index (Phi) is 3.28. The highest BCUT2D eigenvalue weighted by Crippen LogP contribution is 2.23. The van der Waals surface area contributed by atoms with Crippen LogP contribution in [0.25, 0.3) is 11.3 Å². The molecule has 0 aliphatic rings. The lowest BCUT2D eigenvalue weighted by Gasteiger charge is -1.94. The van der Waals surface area contributed by atoms with Crippen molar-refractivity contribution in [2.24, 2.45) is 7.05 Å². The first-order valence-corrected chi connectivity index (χ1v) is 6.67. The summed E-state index contributed by atoms with van der Waals surface area (Å²) in [5.41, 5.74) is 1.88. The van der Waals surface area contributed by atoms with Gasteiger partial charge in [0, 0.05) is 18.7 Å². The standard InChI is InChI=1S/C12H11N5OS/c1-17-12(13-15-16-17)19-8-10-7-11(14-18-10)9-5-3-2-4-6-9/h2-7H,8H2,1H3. The SMILES string of the molecule is Cn1nnnc1SCc1cc(-c2ccccc2)no1. The summed E-state index contributed by atoms with van der Waals surface area (Å²) in [6.07, 6.45) is 0. The lowest BCUT2D eigenvalue weighted by molar-refractivity contribution is 0.397. The van der Waals surface area contributed by atoms with E-state index in [2.05, 4.69) is 20.7 Å². The Morgan fingerprint density at radius 2 is 2.11 bits per heavy atom. The molecule has 0 bridgehead atoms. The second-order valence-corrected chi connectivity index (χ2v) is 4.86. The highest BCUT2D eigenvalue weighted by atomic mass is 32.2. The maximum absolute atomic E-state index is 5.31. The van der Waals surface area contributed by atoms with Crippen LogP contribution in [-0.2, 0) is 12.8 Å². The summed E-state index contributed by atoms with van der Waals surface area (Å²) in [6.45, 7) is 0. The Morgan fingerprint density at radius 3 is 2.84 bits per heavy atom. The number of tetrazole rings is 1. The first-order valence-electron chi connectivity index (χ1n) is 5.69. The van der Waals surface area contributed by atoms with E-state index in [1.54, 1.807) is 11.7 Å². The highest BCUT2D eigenvalue weighted by Gasteiger charge is 2.09. The fourth-order valence-electron chi connectivity index (χ4n) is 1.61. The van der Waals surface area contributed by atoms with E-state index in [1.807, 2.05) is 36.4 Å². The Hall–Kier alpha value is -2.15.